The predicted octanol–water partition coefficient (Wildman–Crippen LogP) is 4.59. The minimum atomic E-state index is 1.07. The summed E-state index contributed by atoms with van der Waals surface area (Å²) < 4.78 is 0. The lowest BCUT2D eigenvalue weighted by Gasteiger charge is -2.00. The van der Waals surface area contributed by atoms with Crippen LogP contribution in [0.3, 0.4) is 0 Å². The molecule has 0 aliphatic rings. The zero-order valence-electron chi connectivity index (χ0n) is 9.67. The third-order valence-electron chi connectivity index (χ3n) is 1.88. The first-order chi connectivity index (χ1) is 6.61. The zero-order chi connectivity index (χ0) is 11.0. The maximum absolute atomic E-state index is 4.02. The Balaban J connectivity index is 4.56. The summed E-state index contributed by atoms with van der Waals surface area (Å²) in [5, 5.41) is 0. The Labute approximate surface area is 88.0 Å². The molecule has 0 aliphatic heterocycles. The molecule has 14 heavy (non-hydrogen) atoms. The molecule has 0 rings (SSSR count). The molecule has 0 atom stereocenters. The van der Waals surface area contributed by atoms with Gasteiger partial charge >= 0.3 is 0 Å². The van der Waals surface area contributed by atoms with E-state index in [1.54, 1.807) is 0 Å². The van der Waals surface area contributed by atoms with Crippen molar-refractivity contribution in [1.29, 1.82) is 0 Å². The molecule has 0 bridgehead atoms. The van der Waals surface area contributed by atoms with Crippen molar-refractivity contribution in [3.05, 3.63) is 59.8 Å². The Kier molecular flexibility index (Phi) is 6.47. The first kappa shape index (κ1) is 12.7. The van der Waals surface area contributed by atoms with Gasteiger partial charge in [-0.2, -0.15) is 0 Å². The molecule has 0 saturated heterocycles. The van der Waals surface area contributed by atoms with Gasteiger partial charge < -0.3 is 0 Å². The minimum Gasteiger partial charge on any atom is -0.0915 e. The Morgan fingerprint density at radius 3 is 2.21 bits per heavy atom. The highest BCUT2D eigenvalue weighted by atomic mass is 14.0. The molecule has 0 aromatic carbocycles. The molecule has 0 heteroatoms. The Hall–Kier alpha value is -1.30. The second-order valence-electron chi connectivity index (χ2n) is 3.29. The number of hydrogen-bond acceptors (Lipinski definition) is 0. The Morgan fingerprint density at radius 1 is 1.07 bits per heavy atom. The van der Waals surface area contributed by atoms with Crippen molar-refractivity contribution in [2.75, 3.05) is 0 Å². The molecule has 0 spiro atoms. The third kappa shape index (κ3) is 5.36. The van der Waals surface area contributed by atoms with E-state index in [2.05, 4.69) is 38.7 Å². The van der Waals surface area contributed by atoms with Crippen LogP contribution in [0.1, 0.15) is 27.7 Å². The summed E-state index contributed by atoms with van der Waals surface area (Å²) in [5.41, 5.74) is 3.50. The van der Waals surface area contributed by atoms with Crippen LogP contribution in [-0.2, 0) is 0 Å². The van der Waals surface area contributed by atoms with E-state index in [0.717, 1.165) is 5.57 Å². The van der Waals surface area contributed by atoms with Gasteiger partial charge in [0, 0.05) is 0 Å². The smallest absolute Gasteiger partial charge is 0.0297 e. The topological polar surface area (TPSA) is 0 Å². The molecular weight excluding hydrogens is 168 g/mol. The molecule has 0 radical (unpaired) electrons. The van der Waals surface area contributed by atoms with E-state index >= 15 is 0 Å². The lowest BCUT2D eigenvalue weighted by molar-refractivity contribution is 1.40. The molecule has 0 N–H and O–H groups in total. The van der Waals surface area contributed by atoms with Crippen LogP contribution >= 0.6 is 0 Å². The first-order valence-corrected chi connectivity index (χ1v) is 4.91. The van der Waals surface area contributed by atoms with E-state index < -0.39 is 0 Å². The van der Waals surface area contributed by atoms with Crippen LogP contribution in [0.5, 0.6) is 0 Å². The standard InChI is InChI=1S/C14H20/c1-6-8-10-13(4)14(5)11-12(3)9-7-2/h6-11H,5H2,1-4H3/b8-6-,9-7-,12-11-,13-10+. The summed E-state index contributed by atoms with van der Waals surface area (Å²) in [7, 11) is 0. The van der Waals surface area contributed by atoms with Crippen LogP contribution in [0.15, 0.2) is 59.8 Å². The average molecular weight is 188 g/mol. The molecule has 0 nitrogen and oxygen atoms in total. The van der Waals surface area contributed by atoms with Gasteiger partial charge in [-0.1, -0.05) is 48.6 Å². The monoisotopic (exact) mass is 188 g/mol. The highest BCUT2D eigenvalue weighted by molar-refractivity contribution is 5.41. The van der Waals surface area contributed by atoms with Crippen LogP contribution in [0, 0.1) is 0 Å². The molecule has 0 aromatic heterocycles. The Morgan fingerprint density at radius 2 is 1.71 bits per heavy atom. The van der Waals surface area contributed by atoms with Crippen LogP contribution in [0.25, 0.3) is 0 Å². The largest absolute Gasteiger partial charge is 0.0915 e. The van der Waals surface area contributed by atoms with Crippen molar-refractivity contribution < 1.29 is 0 Å². The molecular formula is C14H20. The summed E-state index contributed by atoms with van der Waals surface area (Å²) in [4.78, 5) is 0. The molecule has 0 fully saturated rings. The highest BCUT2D eigenvalue weighted by Gasteiger charge is 1.91. The van der Waals surface area contributed by atoms with Crippen LogP contribution in [-0.4, -0.2) is 0 Å². The van der Waals surface area contributed by atoms with E-state index in [9.17, 15) is 0 Å². The summed E-state index contributed by atoms with van der Waals surface area (Å²) in [6.07, 6.45) is 12.3. The number of rotatable bonds is 4. The Bertz CT molecular complexity index is 296. The molecule has 0 amide bonds. The quantitative estimate of drug-likeness (QED) is 0.566. The maximum Gasteiger partial charge on any atom is -0.0297 e. The van der Waals surface area contributed by atoms with Crippen molar-refractivity contribution in [3.8, 4) is 0 Å². The highest BCUT2D eigenvalue weighted by Crippen LogP contribution is 2.11. The van der Waals surface area contributed by atoms with Crippen molar-refractivity contribution in [1.82, 2.24) is 0 Å². The van der Waals surface area contributed by atoms with E-state index in [1.807, 2.05) is 32.1 Å². The molecule has 76 valence electrons. The van der Waals surface area contributed by atoms with Gasteiger partial charge in [0.15, 0.2) is 0 Å². The van der Waals surface area contributed by atoms with Crippen LogP contribution in [0.2, 0.25) is 0 Å². The lowest BCUT2D eigenvalue weighted by Crippen LogP contribution is -1.79. The van der Waals surface area contributed by atoms with Crippen LogP contribution in [0.4, 0.5) is 0 Å². The summed E-state index contributed by atoms with van der Waals surface area (Å²) >= 11 is 0. The maximum atomic E-state index is 4.02. The van der Waals surface area contributed by atoms with Gasteiger partial charge in [0.2, 0.25) is 0 Å². The van der Waals surface area contributed by atoms with E-state index in [1.165, 1.54) is 11.1 Å². The number of hydrogen-bond donors (Lipinski definition) is 0. The van der Waals surface area contributed by atoms with Crippen molar-refractivity contribution >= 4 is 0 Å². The van der Waals surface area contributed by atoms with Crippen LogP contribution < -0.4 is 0 Å². The second-order valence-corrected chi connectivity index (χ2v) is 3.29. The lowest BCUT2D eigenvalue weighted by atomic mass is 10.1. The van der Waals surface area contributed by atoms with E-state index in [-0.39, 0.29) is 0 Å². The minimum absolute atomic E-state index is 1.07. The first-order valence-electron chi connectivity index (χ1n) is 4.91. The van der Waals surface area contributed by atoms with Gasteiger partial charge in [-0.15, -0.1) is 0 Å². The SMILES string of the molecule is C=C(/C=C(C)\C=C/C)/C(C)=C/C=C\C. The van der Waals surface area contributed by atoms with E-state index in [4.69, 9.17) is 0 Å². The molecule has 0 aromatic rings. The van der Waals surface area contributed by atoms with E-state index in [0.29, 0.717) is 0 Å². The third-order valence-corrected chi connectivity index (χ3v) is 1.88. The fourth-order valence-electron chi connectivity index (χ4n) is 1.05. The van der Waals surface area contributed by atoms with Gasteiger partial charge in [0.1, 0.15) is 0 Å². The molecule has 0 aliphatic carbocycles. The summed E-state index contributed by atoms with van der Waals surface area (Å²) in [5.74, 6) is 0. The summed E-state index contributed by atoms with van der Waals surface area (Å²) in [6, 6.07) is 0. The van der Waals surface area contributed by atoms with Crippen molar-refractivity contribution in [2.45, 2.75) is 27.7 Å². The predicted molar refractivity (Wildman–Crippen MR) is 66.3 cm³/mol. The average Bonchev–Trinajstić information content (AvgIpc) is 2.14. The van der Waals surface area contributed by atoms with Crippen molar-refractivity contribution in [3.63, 3.8) is 0 Å². The molecule has 0 saturated carbocycles. The van der Waals surface area contributed by atoms with Gasteiger partial charge in [0.05, 0.1) is 0 Å². The van der Waals surface area contributed by atoms with Gasteiger partial charge in [-0.05, 0) is 38.8 Å². The fourth-order valence-corrected chi connectivity index (χ4v) is 1.05. The fraction of sp³-hybridized carbons (Fsp3) is 0.286. The van der Waals surface area contributed by atoms with Gasteiger partial charge in [0.25, 0.3) is 0 Å². The molecule has 0 heterocycles. The summed E-state index contributed by atoms with van der Waals surface area (Å²) in [6.45, 7) is 12.2. The molecule has 0 unspecified atom stereocenters. The van der Waals surface area contributed by atoms with Gasteiger partial charge in [-0.3, -0.25) is 0 Å². The second kappa shape index (κ2) is 7.14. The van der Waals surface area contributed by atoms with Crippen molar-refractivity contribution in [2.24, 2.45) is 0 Å². The zero-order valence-corrected chi connectivity index (χ0v) is 9.67. The normalized spacial score (nSPS) is 14.3. The van der Waals surface area contributed by atoms with Gasteiger partial charge in [-0.25, -0.2) is 0 Å². The number of allylic oxidation sites excluding steroid dienone is 9.